The first-order chi connectivity index (χ1) is 10.2. The molecule has 0 atom stereocenters. The van der Waals surface area contributed by atoms with Gasteiger partial charge in [0, 0.05) is 0 Å². The summed E-state index contributed by atoms with van der Waals surface area (Å²) in [6.07, 6.45) is 1.54. The van der Waals surface area contributed by atoms with Crippen molar-refractivity contribution in [1.29, 1.82) is 0 Å². The first-order valence-electron chi connectivity index (χ1n) is 6.29. The van der Waals surface area contributed by atoms with Crippen molar-refractivity contribution in [2.45, 2.75) is 0 Å². The predicted octanol–water partition coefficient (Wildman–Crippen LogP) is 2.50. The van der Waals surface area contributed by atoms with Gasteiger partial charge in [0.05, 0.1) is 17.2 Å². The zero-order valence-electron chi connectivity index (χ0n) is 11.4. The number of anilines is 1. The topological polar surface area (TPSA) is 90.4 Å². The van der Waals surface area contributed by atoms with Crippen LogP contribution in [0.5, 0.6) is 5.75 Å². The number of hydrazone groups is 1. The van der Waals surface area contributed by atoms with E-state index in [0.717, 1.165) is 5.56 Å². The van der Waals surface area contributed by atoms with Crippen LogP contribution in [-0.2, 0) is 0 Å². The molecule has 2 aromatic carbocycles. The van der Waals surface area contributed by atoms with Gasteiger partial charge in [0.2, 0.25) is 5.82 Å². The number of aromatic nitrogens is 2. The van der Waals surface area contributed by atoms with Crippen molar-refractivity contribution < 1.29 is 5.11 Å². The van der Waals surface area contributed by atoms with Crippen molar-refractivity contribution >= 4 is 35.5 Å². The van der Waals surface area contributed by atoms with E-state index in [4.69, 9.17) is 0 Å². The molecule has 1 aromatic heterocycles. The summed E-state index contributed by atoms with van der Waals surface area (Å²) >= 11 is 0. The van der Waals surface area contributed by atoms with Gasteiger partial charge in [-0.15, -0.1) is 12.4 Å². The van der Waals surface area contributed by atoms with Crippen LogP contribution >= 0.6 is 12.4 Å². The molecular weight excluding hydrogens is 304 g/mol. The van der Waals surface area contributed by atoms with E-state index in [0.29, 0.717) is 11.0 Å². The standard InChI is InChI=1S/C15H12N4O2.ClH/c20-11-7-5-10(6-8-11)9-16-19-14-15(21)18-13-4-2-1-3-12(13)17-14;/h1-9,20H,(H,17,19)(H,18,21);1H. The van der Waals surface area contributed by atoms with Gasteiger partial charge in [0.15, 0.2) is 0 Å². The first kappa shape index (κ1) is 15.5. The SMILES string of the molecule is Cl.O=c1[nH]c2ccccc2nc1NN=Cc1ccc(O)cc1. The molecule has 3 rings (SSSR count). The molecule has 22 heavy (non-hydrogen) atoms. The third-order valence-corrected chi connectivity index (χ3v) is 2.88. The smallest absolute Gasteiger partial charge is 0.293 e. The molecule has 0 bridgehead atoms. The summed E-state index contributed by atoms with van der Waals surface area (Å²) in [6.45, 7) is 0. The van der Waals surface area contributed by atoms with Crippen molar-refractivity contribution in [3.05, 3.63) is 64.4 Å². The number of phenols is 1. The van der Waals surface area contributed by atoms with E-state index in [1.54, 1.807) is 36.4 Å². The van der Waals surface area contributed by atoms with E-state index >= 15 is 0 Å². The van der Waals surface area contributed by atoms with Gasteiger partial charge >= 0.3 is 0 Å². The van der Waals surface area contributed by atoms with Crippen LogP contribution in [0.15, 0.2) is 58.4 Å². The number of hydrogen-bond acceptors (Lipinski definition) is 5. The lowest BCUT2D eigenvalue weighted by molar-refractivity contribution is 0.475. The number of rotatable bonds is 3. The molecule has 1 heterocycles. The molecule has 0 aliphatic heterocycles. The highest BCUT2D eigenvalue weighted by molar-refractivity contribution is 5.85. The molecule has 0 amide bonds. The average molecular weight is 317 g/mol. The Morgan fingerprint density at radius 1 is 1.14 bits per heavy atom. The Hall–Kier alpha value is -2.86. The highest BCUT2D eigenvalue weighted by atomic mass is 35.5. The van der Waals surface area contributed by atoms with Gasteiger partial charge < -0.3 is 10.1 Å². The molecule has 0 saturated carbocycles. The summed E-state index contributed by atoms with van der Waals surface area (Å²) in [6, 6.07) is 13.8. The summed E-state index contributed by atoms with van der Waals surface area (Å²) in [5.41, 5.74) is 4.43. The Bertz CT molecular complexity index is 859. The van der Waals surface area contributed by atoms with Crippen molar-refractivity contribution in [2.24, 2.45) is 5.10 Å². The van der Waals surface area contributed by atoms with E-state index in [2.05, 4.69) is 20.5 Å². The minimum absolute atomic E-state index is 0. The summed E-state index contributed by atoms with van der Waals surface area (Å²) in [7, 11) is 0. The van der Waals surface area contributed by atoms with Crippen LogP contribution in [0.2, 0.25) is 0 Å². The highest BCUT2D eigenvalue weighted by Crippen LogP contribution is 2.09. The van der Waals surface area contributed by atoms with Crippen molar-refractivity contribution in [1.82, 2.24) is 9.97 Å². The van der Waals surface area contributed by atoms with E-state index in [1.807, 2.05) is 12.1 Å². The van der Waals surface area contributed by atoms with Gasteiger partial charge in [-0.1, -0.05) is 12.1 Å². The fourth-order valence-electron chi connectivity index (χ4n) is 1.83. The van der Waals surface area contributed by atoms with E-state index in [-0.39, 0.29) is 29.5 Å². The highest BCUT2D eigenvalue weighted by Gasteiger charge is 2.02. The van der Waals surface area contributed by atoms with Crippen LogP contribution in [0.25, 0.3) is 11.0 Å². The Morgan fingerprint density at radius 2 is 1.86 bits per heavy atom. The summed E-state index contributed by atoms with van der Waals surface area (Å²) in [5, 5.41) is 13.2. The molecule has 0 radical (unpaired) electrons. The summed E-state index contributed by atoms with van der Waals surface area (Å²) in [5.74, 6) is 0.316. The molecule has 0 fully saturated rings. The minimum atomic E-state index is -0.337. The maximum absolute atomic E-state index is 11.8. The van der Waals surface area contributed by atoms with Crippen molar-refractivity contribution in [3.8, 4) is 5.75 Å². The molecule has 3 N–H and O–H groups in total. The molecule has 7 heteroatoms. The number of fused-ring (bicyclic) bond motifs is 1. The van der Waals surface area contributed by atoms with Gasteiger partial charge in [-0.05, 0) is 42.0 Å². The molecule has 112 valence electrons. The Balaban J connectivity index is 0.00000176. The fraction of sp³-hybridized carbons (Fsp3) is 0. The quantitative estimate of drug-likeness (QED) is 0.511. The van der Waals surface area contributed by atoms with Gasteiger partial charge in [0.1, 0.15) is 5.75 Å². The van der Waals surface area contributed by atoms with Crippen LogP contribution in [0.3, 0.4) is 0 Å². The Labute approximate surface area is 131 Å². The third kappa shape index (κ3) is 3.42. The normalized spacial score (nSPS) is 10.5. The summed E-state index contributed by atoms with van der Waals surface area (Å²) in [4.78, 5) is 18.8. The number of nitrogens with one attached hydrogen (secondary N) is 2. The average Bonchev–Trinajstić information content (AvgIpc) is 2.50. The first-order valence-corrected chi connectivity index (χ1v) is 6.29. The summed E-state index contributed by atoms with van der Waals surface area (Å²) < 4.78 is 0. The predicted molar refractivity (Wildman–Crippen MR) is 88.9 cm³/mol. The zero-order chi connectivity index (χ0) is 14.7. The maximum atomic E-state index is 11.8. The lowest BCUT2D eigenvalue weighted by Crippen LogP contribution is -2.13. The largest absolute Gasteiger partial charge is 0.508 e. The number of para-hydroxylation sites is 2. The molecule has 0 aliphatic carbocycles. The second kappa shape index (κ2) is 6.73. The number of nitrogens with zero attached hydrogens (tertiary/aromatic N) is 2. The molecule has 0 saturated heterocycles. The molecule has 3 aromatic rings. The van der Waals surface area contributed by atoms with Gasteiger partial charge in [0.25, 0.3) is 5.56 Å². The number of benzene rings is 2. The van der Waals surface area contributed by atoms with Gasteiger partial charge in [-0.3, -0.25) is 10.2 Å². The van der Waals surface area contributed by atoms with Gasteiger partial charge in [-0.2, -0.15) is 5.10 Å². The van der Waals surface area contributed by atoms with E-state index < -0.39 is 0 Å². The number of halogens is 1. The second-order valence-electron chi connectivity index (χ2n) is 4.39. The number of aromatic hydroxyl groups is 1. The van der Waals surface area contributed by atoms with E-state index in [1.165, 1.54) is 6.21 Å². The van der Waals surface area contributed by atoms with Crippen LogP contribution < -0.4 is 11.0 Å². The fourth-order valence-corrected chi connectivity index (χ4v) is 1.83. The van der Waals surface area contributed by atoms with Crippen LogP contribution in [0.1, 0.15) is 5.56 Å². The molecule has 0 unspecified atom stereocenters. The monoisotopic (exact) mass is 316 g/mol. The van der Waals surface area contributed by atoms with Crippen LogP contribution in [-0.4, -0.2) is 21.3 Å². The zero-order valence-corrected chi connectivity index (χ0v) is 12.2. The Morgan fingerprint density at radius 3 is 2.64 bits per heavy atom. The lowest BCUT2D eigenvalue weighted by atomic mass is 10.2. The molecule has 6 nitrogen and oxygen atoms in total. The third-order valence-electron chi connectivity index (χ3n) is 2.88. The Kier molecular flexibility index (Phi) is 4.75. The molecule has 0 aliphatic rings. The molecular formula is C15H13ClN4O2. The number of hydrogen-bond donors (Lipinski definition) is 3. The number of aromatic amines is 1. The van der Waals surface area contributed by atoms with E-state index in [9.17, 15) is 9.90 Å². The van der Waals surface area contributed by atoms with Crippen molar-refractivity contribution in [2.75, 3.05) is 5.43 Å². The van der Waals surface area contributed by atoms with Crippen LogP contribution in [0.4, 0.5) is 5.82 Å². The van der Waals surface area contributed by atoms with Crippen LogP contribution in [0, 0.1) is 0 Å². The van der Waals surface area contributed by atoms with Gasteiger partial charge in [-0.25, -0.2) is 4.98 Å². The van der Waals surface area contributed by atoms with Crippen molar-refractivity contribution in [3.63, 3.8) is 0 Å². The number of H-pyrrole nitrogens is 1. The molecule has 0 spiro atoms. The number of phenolic OH excluding ortho intramolecular Hbond substituents is 1. The second-order valence-corrected chi connectivity index (χ2v) is 4.39. The lowest BCUT2D eigenvalue weighted by Gasteiger charge is -2.01. The minimum Gasteiger partial charge on any atom is -0.508 e. The maximum Gasteiger partial charge on any atom is 0.293 e.